The molecule has 76 valence electrons. The van der Waals surface area contributed by atoms with Gasteiger partial charge in [-0.1, -0.05) is 24.3 Å². The summed E-state index contributed by atoms with van der Waals surface area (Å²) in [7, 11) is 0. The lowest BCUT2D eigenvalue weighted by molar-refractivity contribution is 0.299. The van der Waals surface area contributed by atoms with Gasteiger partial charge in [0.2, 0.25) is 0 Å². The van der Waals surface area contributed by atoms with E-state index in [0.29, 0.717) is 0 Å². The first-order chi connectivity index (χ1) is 6.90. The Labute approximate surface area is 89.5 Å². The van der Waals surface area contributed by atoms with E-state index in [4.69, 9.17) is 5.11 Å². The maximum atomic E-state index is 8.80. The van der Waals surface area contributed by atoms with Gasteiger partial charge in [-0.3, -0.25) is 0 Å². The third kappa shape index (κ3) is 2.31. The molecule has 1 aromatic carbocycles. The number of hydrogen-bond acceptors (Lipinski definition) is 2. The van der Waals surface area contributed by atoms with Crippen molar-refractivity contribution in [1.82, 2.24) is 0 Å². The first kappa shape index (κ1) is 10.1. The van der Waals surface area contributed by atoms with Gasteiger partial charge in [0, 0.05) is 12.4 Å². The maximum Gasteiger partial charge on any atom is 0.0471 e. The molecule has 1 aromatic rings. The minimum Gasteiger partial charge on any atom is -0.396 e. The number of benzene rings is 1. The molecule has 0 bridgehead atoms. The zero-order chi connectivity index (χ0) is 9.80. The molecule has 1 aliphatic rings. The topological polar surface area (TPSA) is 20.2 Å². The molecule has 0 aromatic heterocycles. The average Bonchev–Trinajstić information content (AvgIpc) is 2.72. The fraction of sp³-hybridized carbons (Fsp3) is 0.500. The number of thioether (sulfide) groups is 1. The van der Waals surface area contributed by atoms with Gasteiger partial charge in [-0.2, -0.15) is 11.8 Å². The fourth-order valence-electron chi connectivity index (χ4n) is 1.88. The maximum absolute atomic E-state index is 8.80. The Balaban J connectivity index is 2.05. The molecule has 0 amide bonds. The predicted octanol–water partition coefficient (Wildman–Crippen LogP) is 2.44. The van der Waals surface area contributed by atoms with Crippen LogP contribution in [0.5, 0.6) is 0 Å². The van der Waals surface area contributed by atoms with Crippen LogP contribution in [0.4, 0.5) is 0 Å². The third-order valence-corrected chi connectivity index (χ3v) is 3.94. The highest BCUT2D eigenvalue weighted by molar-refractivity contribution is 7.99. The summed E-state index contributed by atoms with van der Waals surface area (Å²) in [6.07, 6.45) is 2.10. The molecule has 14 heavy (non-hydrogen) atoms. The summed E-state index contributed by atoms with van der Waals surface area (Å²) in [5.74, 6) is 3.35. The molecule has 1 aliphatic heterocycles. The third-order valence-electron chi connectivity index (χ3n) is 2.78. The van der Waals surface area contributed by atoms with Crippen LogP contribution in [0.1, 0.15) is 23.5 Å². The first-order valence-corrected chi connectivity index (χ1v) is 6.33. The molecule has 2 rings (SSSR count). The van der Waals surface area contributed by atoms with Gasteiger partial charge in [-0.15, -0.1) is 0 Å². The summed E-state index contributed by atoms with van der Waals surface area (Å²) < 4.78 is 0. The summed E-state index contributed by atoms with van der Waals surface area (Å²) in [5.41, 5.74) is 2.71. The van der Waals surface area contributed by atoms with Crippen molar-refractivity contribution >= 4 is 11.8 Å². The van der Waals surface area contributed by atoms with Crippen LogP contribution in [-0.4, -0.2) is 23.2 Å². The molecule has 1 saturated heterocycles. The second kappa shape index (κ2) is 4.85. The minimum absolute atomic E-state index is 0.249. The minimum atomic E-state index is 0.249. The Hall–Kier alpha value is -0.470. The molecule has 2 heteroatoms. The second-order valence-corrected chi connectivity index (χ2v) is 4.93. The van der Waals surface area contributed by atoms with E-state index < -0.39 is 0 Å². The van der Waals surface area contributed by atoms with Gasteiger partial charge in [0.25, 0.3) is 0 Å². The van der Waals surface area contributed by atoms with E-state index in [1.165, 1.54) is 29.1 Å². The van der Waals surface area contributed by atoms with Crippen LogP contribution < -0.4 is 0 Å². The number of rotatable bonds is 3. The van der Waals surface area contributed by atoms with Crippen molar-refractivity contribution in [3.63, 3.8) is 0 Å². The van der Waals surface area contributed by atoms with Crippen molar-refractivity contribution in [2.75, 3.05) is 18.1 Å². The Morgan fingerprint density at radius 2 is 2.07 bits per heavy atom. The molecule has 0 radical (unpaired) electrons. The summed E-state index contributed by atoms with van der Waals surface area (Å²) in [5, 5.41) is 8.80. The highest BCUT2D eigenvalue weighted by Crippen LogP contribution is 2.32. The average molecular weight is 208 g/mol. The van der Waals surface area contributed by atoms with Gasteiger partial charge >= 0.3 is 0 Å². The molecule has 1 unspecified atom stereocenters. The summed E-state index contributed by atoms with van der Waals surface area (Å²) in [6.45, 7) is 0.249. The molecule has 1 heterocycles. The highest BCUT2D eigenvalue weighted by atomic mass is 32.2. The Bertz CT molecular complexity index is 275. The number of aliphatic hydroxyl groups excluding tert-OH is 1. The van der Waals surface area contributed by atoms with Crippen LogP contribution in [0.25, 0.3) is 0 Å². The van der Waals surface area contributed by atoms with Crippen molar-refractivity contribution in [3.05, 3.63) is 35.4 Å². The smallest absolute Gasteiger partial charge is 0.0471 e. The van der Waals surface area contributed by atoms with Crippen LogP contribution in [0.15, 0.2) is 24.3 Å². The lowest BCUT2D eigenvalue weighted by Gasteiger charge is -2.09. The Kier molecular flexibility index (Phi) is 3.49. The summed E-state index contributed by atoms with van der Waals surface area (Å²) >= 11 is 2.05. The van der Waals surface area contributed by atoms with Gasteiger partial charge in [-0.25, -0.2) is 0 Å². The molecule has 0 spiro atoms. The summed E-state index contributed by atoms with van der Waals surface area (Å²) in [6, 6.07) is 8.74. The van der Waals surface area contributed by atoms with Crippen LogP contribution in [0, 0.1) is 0 Å². The van der Waals surface area contributed by atoms with Crippen molar-refractivity contribution in [2.24, 2.45) is 0 Å². The molecular formula is C12H16OS. The molecule has 1 fully saturated rings. The number of hydrogen-bond donors (Lipinski definition) is 1. The van der Waals surface area contributed by atoms with E-state index in [1.54, 1.807) is 0 Å². The molecule has 1 atom stereocenters. The zero-order valence-electron chi connectivity index (χ0n) is 8.28. The predicted molar refractivity (Wildman–Crippen MR) is 61.9 cm³/mol. The van der Waals surface area contributed by atoms with Crippen molar-refractivity contribution in [3.8, 4) is 0 Å². The van der Waals surface area contributed by atoms with Crippen LogP contribution in [0.3, 0.4) is 0 Å². The van der Waals surface area contributed by atoms with E-state index in [-0.39, 0.29) is 6.61 Å². The van der Waals surface area contributed by atoms with Crippen LogP contribution >= 0.6 is 11.8 Å². The van der Waals surface area contributed by atoms with E-state index >= 15 is 0 Å². The zero-order valence-corrected chi connectivity index (χ0v) is 9.09. The molecule has 1 nitrogen and oxygen atoms in total. The molecule has 1 N–H and O–H groups in total. The van der Waals surface area contributed by atoms with Gasteiger partial charge in [0.05, 0.1) is 0 Å². The van der Waals surface area contributed by atoms with E-state index in [2.05, 4.69) is 36.0 Å². The van der Waals surface area contributed by atoms with Crippen molar-refractivity contribution < 1.29 is 5.11 Å². The van der Waals surface area contributed by atoms with E-state index in [0.717, 1.165) is 12.3 Å². The van der Waals surface area contributed by atoms with Gasteiger partial charge < -0.3 is 5.11 Å². The normalized spacial score (nSPS) is 21.4. The standard InChI is InChI=1S/C12H16OS/c13-7-5-10-1-3-11(4-2-10)12-6-8-14-9-12/h1-4,12-13H,5-9H2. The van der Waals surface area contributed by atoms with Crippen molar-refractivity contribution in [1.29, 1.82) is 0 Å². The number of aliphatic hydroxyl groups is 1. The molecular weight excluding hydrogens is 192 g/mol. The Morgan fingerprint density at radius 1 is 1.29 bits per heavy atom. The quantitative estimate of drug-likeness (QED) is 0.823. The van der Waals surface area contributed by atoms with Gasteiger partial charge in [0.1, 0.15) is 0 Å². The lowest BCUT2D eigenvalue weighted by Crippen LogP contribution is -1.97. The van der Waals surface area contributed by atoms with Crippen LogP contribution in [-0.2, 0) is 6.42 Å². The van der Waals surface area contributed by atoms with E-state index in [1.807, 2.05) is 0 Å². The van der Waals surface area contributed by atoms with E-state index in [9.17, 15) is 0 Å². The largest absolute Gasteiger partial charge is 0.396 e. The monoisotopic (exact) mass is 208 g/mol. The molecule has 0 saturated carbocycles. The molecule has 0 aliphatic carbocycles. The fourth-order valence-corrected chi connectivity index (χ4v) is 3.14. The second-order valence-electron chi connectivity index (χ2n) is 3.78. The highest BCUT2D eigenvalue weighted by Gasteiger charge is 2.16. The SMILES string of the molecule is OCCc1ccc(C2CCSC2)cc1. The summed E-state index contributed by atoms with van der Waals surface area (Å²) in [4.78, 5) is 0. The lowest BCUT2D eigenvalue weighted by atomic mass is 9.97. The first-order valence-electron chi connectivity index (χ1n) is 5.17. The van der Waals surface area contributed by atoms with Crippen molar-refractivity contribution in [2.45, 2.75) is 18.8 Å². The van der Waals surface area contributed by atoms with Gasteiger partial charge in [-0.05, 0) is 35.6 Å². The Morgan fingerprint density at radius 3 is 2.64 bits per heavy atom. The van der Waals surface area contributed by atoms with Gasteiger partial charge in [0.15, 0.2) is 0 Å². The van der Waals surface area contributed by atoms with Crippen LogP contribution in [0.2, 0.25) is 0 Å².